The molecule has 4 aromatic heterocycles. The van der Waals surface area contributed by atoms with Crippen molar-refractivity contribution in [1.82, 2.24) is 15.0 Å². The van der Waals surface area contributed by atoms with Crippen LogP contribution in [0.5, 0.6) is 5.75 Å². The minimum absolute atomic E-state index is 0. The number of ether oxygens (including phenoxy) is 1. The second kappa shape index (κ2) is 18.8. The van der Waals surface area contributed by atoms with Gasteiger partial charge in [-0.2, -0.15) is 0 Å². The first kappa shape index (κ1) is 43.4. The number of halogens is 1. The van der Waals surface area contributed by atoms with E-state index in [9.17, 15) is 4.39 Å². The third-order valence-corrected chi connectivity index (χ3v) is 15.5. The van der Waals surface area contributed by atoms with Gasteiger partial charge in [0.2, 0.25) is 5.71 Å². The van der Waals surface area contributed by atoms with Crippen LogP contribution in [0.2, 0.25) is 17.3 Å². The molecule has 58 heavy (non-hydrogen) atoms. The van der Waals surface area contributed by atoms with Gasteiger partial charge in [0, 0.05) is 43.0 Å². The standard InChI is InChI=1S/C32H31N2O2.C18H23FGeN.Ir/c1-20-8-7-9-21(2)29(20)26-14-12-25-30-28(35-3)15-13-24(31(30)36-32(25)34-26)27-19-23(16-17-33-27)18-22-10-5-4-6-11-22;1-13(2)10-15-11-18(14-6-8-16(19)9-7-14)21-12-17(15)20(3,4)5;/h7-9,12,14-17,19,22H,4-6,10-11,18H2,1-3H3;6,8-9,11-13H,10H2,1-5H3;/q2*-1;. The van der Waals surface area contributed by atoms with Crippen molar-refractivity contribution in [3.63, 3.8) is 0 Å². The van der Waals surface area contributed by atoms with Crippen LogP contribution < -0.4 is 9.13 Å². The number of furan rings is 1. The zero-order chi connectivity index (χ0) is 40.3. The van der Waals surface area contributed by atoms with Crippen LogP contribution in [0.4, 0.5) is 4.39 Å². The molecule has 1 fully saturated rings. The molecule has 0 N–H and O–H groups in total. The second-order valence-corrected chi connectivity index (χ2v) is 27.7. The molecular formula is C50H54FGeIrN3O2-2. The number of aromatic nitrogens is 3. The minimum atomic E-state index is -1.93. The van der Waals surface area contributed by atoms with E-state index in [0.29, 0.717) is 11.6 Å². The van der Waals surface area contributed by atoms with Gasteiger partial charge in [0.15, 0.2) is 0 Å². The molecular weight excluding hydrogens is 958 g/mol. The van der Waals surface area contributed by atoms with Crippen molar-refractivity contribution in [3.8, 4) is 39.5 Å². The quantitative estimate of drug-likeness (QED) is 0.107. The van der Waals surface area contributed by atoms with Crippen LogP contribution in [0, 0.1) is 43.6 Å². The number of benzene rings is 3. The number of fused-ring (bicyclic) bond motifs is 3. The van der Waals surface area contributed by atoms with Crippen LogP contribution in [-0.2, 0) is 32.9 Å². The Morgan fingerprint density at radius 2 is 1.64 bits per heavy atom. The van der Waals surface area contributed by atoms with Gasteiger partial charge in [0.05, 0.1) is 18.4 Å². The molecule has 303 valence electrons. The molecule has 0 bridgehead atoms. The molecule has 5 nitrogen and oxygen atoms in total. The van der Waals surface area contributed by atoms with Crippen LogP contribution in [0.1, 0.15) is 68.2 Å². The summed E-state index contributed by atoms with van der Waals surface area (Å²) in [7, 11) is 1.68. The van der Waals surface area contributed by atoms with Crippen LogP contribution >= 0.6 is 0 Å². The number of hydrogen-bond acceptors (Lipinski definition) is 5. The van der Waals surface area contributed by atoms with E-state index in [1.54, 1.807) is 13.2 Å². The summed E-state index contributed by atoms with van der Waals surface area (Å²) in [5.41, 5.74) is 12.0. The van der Waals surface area contributed by atoms with E-state index in [4.69, 9.17) is 19.1 Å². The molecule has 8 heteroatoms. The summed E-state index contributed by atoms with van der Waals surface area (Å²) in [5.74, 6) is 9.03. The summed E-state index contributed by atoms with van der Waals surface area (Å²) in [4.78, 5) is 14.3. The summed E-state index contributed by atoms with van der Waals surface area (Å²) >= 11 is -1.93. The fraction of sp³-hybridized carbons (Fsp3) is 0.340. The Hall–Kier alpha value is -4.17. The Morgan fingerprint density at radius 1 is 0.879 bits per heavy atom. The van der Waals surface area contributed by atoms with Gasteiger partial charge in [-0.3, -0.25) is 0 Å². The smallest absolute Gasteiger partial charge is 0.216 e. The first-order valence-electron chi connectivity index (χ1n) is 20.4. The summed E-state index contributed by atoms with van der Waals surface area (Å²) in [6.45, 7) is 8.72. The molecule has 0 amide bonds. The van der Waals surface area contributed by atoms with Crippen molar-refractivity contribution in [2.24, 2.45) is 11.8 Å². The monoisotopic (exact) mass is 1010 g/mol. The summed E-state index contributed by atoms with van der Waals surface area (Å²) in [6.07, 6.45) is 12.9. The van der Waals surface area contributed by atoms with Gasteiger partial charge in [0.25, 0.3) is 0 Å². The van der Waals surface area contributed by atoms with Crippen LogP contribution in [0.3, 0.4) is 0 Å². The van der Waals surface area contributed by atoms with Crippen molar-refractivity contribution < 1.29 is 33.6 Å². The van der Waals surface area contributed by atoms with Gasteiger partial charge in [0.1, 0.15) is 0 Å². The van der Waals surface area contributed by atoms with E-state index in [1.165, 1.54) is 70.9 Å². The Kier molecular flexibility index (Phi) is 14.1. The zero-order valence-corrected chi connectivity index (χ0v) is 39.5. The number of rotatable bonds is 9. The SMILES string of the molecule is CC(C)Cc1cc(-c2[c-]cc(F)cc2)nc[c]1[Ge]([CH3])([CH3])[CH3].COc1c[c-]c(-c2cc(CC3CCCCC3)ccn2)c2oc3nc(-c4c(C)cccc4C)ccc3c12.[Ir]. The van der Waals surface area contributed by atoms with Crippen LogP contribution in [0.25, 0.3) is 55.8 Å². The third kappa shape index (κ3) is 9.81. The number of pyridine rings is 3. The van der Waals surface area contributed by atoms with Gasteiger partial charge < -0.3 is 14.1 Å². The maximum atomic E-state index is 13.0. The first-order chi connectivity index (χ1) is 27.4. The Bertz CT molecular complexity index is 2480. The molecule has 7 aromatic rings. The number of hydrogen-bond donors (Lipinski definition) is 0. The molecule has 0 unspecified atom stereocenters. The van der Waals surface area contributed by atoms with Crippen LogP contribution in [0.15, 0.2) is 89.6 Å². The number of nitrogens with zero attached hydrogens (tertiary/aromatic N) is 3. The Morgan fingerprint density at radius 3 is 2.31 bits per heavy atom. The van der Waals surface area contributed by atoms with Gasteiger partial charge in [-0.15, -0.1) is 12.1 Å². The Labute approximate surface area is 360 Å². The molecule has 1 aliphatic carbocycles. The third-order valence-electron chi connectivity index (χ3n) is 11.1. The van der Waals surface area contributed by atoms with E-state index in [-0.39, 0.29) is 25.9 Å². The van der Waals surface area contributed by atoms with Crippen molar-refractivity contribution in [2.45, 2.75) is 89.9 Å². The van der Waals surface area contributed by atoms with E-state index < -0.39 is 13.3 Å². The molecule has 1 aliphatic rings. The second-order valence-electron chi connectivity index (χ2n) is 17.1. The summed E-state index contributed by atoms with van der Waals surface area (Å²) < 4.78 is 26.7. The van der Waals surface area contributed by atoms with Crippen molar-refractivity contribution >= 4 is 39.7 Å². The van der Waals surface area contributed by atoms with Crippen molar-refractivity contribution in [3.05, 3.63) is 125 Å². The van der Waals surface area contributed by atoms with Gasteiger partial charge >= 0.3 is 130 Å². The number of aryl methyl sites for hydroxylation is 2. The maximum absolute atomic E-state index is 13.0. The molecule has 8 rings (SSSR count). The number of methoxy groups -OCH3 is 1. The van der Waals surface area contributed by atoms with E-state index in [0.717, 1.165) is 74.6 Å². The fourth-order valence-corrected chi connectivity index (χ4v) is 11.7. The average Bonchev–Trinajstić information content (AvgIpc) is 3.57. The van der Waals surface area contributed by atoms with Gasteiger partial charge in [-0.05, 0) is 66.6 Å². The summed E-state index contributed by atoms with van der Waals surface area (Å²) in [6, 6.07) is 29.8. The van der Waals surface area contributed by atoms with E-state index in [2.05, 4.69) is 111 Å². The molecule has 4 heterocycles. The predicted octanol–water partition coefficient (Wildman–Crippen LogP) is 12.7. The van der Waals surface area contributed by atoms with E-state index in [1.807, 2.05) is 18.5 Å². The van der Waals surface area contributed by atoms with Gasteiger partial charge in [-0.25, -0.2) is 4.98 Å². The van der Waals surface area contributed by atoms with Gasteiger partial charge in [-0.1, -0.05) is 67.5 Å². The molecule has 3 aromatic carbocycles. The van der Waals surface area contributed by atoms with Crippen molar-refractivity contribution in [2.75, 3.05) is 7.11 Å². The van der Waals surface area contributed by atoms with Crippen LogP contribution in [-0.4, -0.2) is 35.3 Å². The topological polar surface area (TPSA) is 61.0 Å². The van der Waals surface area contributed by atoms with E-state index >= 15 is 0 Å². The Balaban J connectivity index is 0.000000221. The largest absolute Gasteiger partial charge is 0.539 e. The first-order valence-corrected chi connectivity index (χ1v) is 27.7. The molecule has 0 atom stereocenters. The fourth-order valence-electron chi connectivity index (χ4n) is 8.34. The molecule has 1 saturated carbocycles. The average molecular weight is 1010 g/mol. The maximum Gasteiger partial charge on any atom is 0.216 e. The molecule has 0 aliphatic heterocycles. The molecule has 1 radical (unpaired) electrons. The molecule has 0 spiro atoms. The normalized spacial score (nSPS) is 13.3. The van der Waals surface area contributed by atoms with Crippen molar-refractivity contribution in [1.29, 1.82) is 0 Å². The predicted molar refractivity (Wildman–Crippen MR) is 235 cm³/mol. The minimum Gasteiger partial charge on any atom is -0.539 e. The zero-order valence-electron chi connectivity index (χ0n) is 35.1. The molecule has 0 saturated heterocycles. The summed E-state index contributed by atoms with van der Waals surface area (Å²) in [5, 5.41) is 1.85.